The lowest BCUT2D eigenvalue weighted by atomic mass is 10.2. The van der Waals surface area contributed by atoms with Crippen molar-refractivity contribution in [3.63, 3.8) is 0 Å². The number of rotatable bonds is 2. The molecule has 0 amide bonds. The predicted molar refractivity (Wildman–Crippen MR) is 79.7 cm³/mol. The molecule has 0 spiro atoms. The van der Waals surface area contributed by atoms with Crippen molar-refractivity contribution >= 4 is 5.69 Å². The van der Waals surface area contributed by atoms with Crippen LogP contribution >= 0.6 is 0 Å². The second kappa shape index (κ2) is 4.52. The number of hydrogen-bond donors (Lipinski definition) is 1. The highest BCUT2D eigenvalue weighted by Gasteiger charge is 2.14. The molecule has 0 unspecified atom stereocenters. The maximum atomic E-state index is 6.10. The summed E-state index contributed by atoms with van der Waals surface area (Å²) in [5.41, 5.74) is 11.6. The van der Waals surface area contributed by atoms with E-state index < -0.39 is 0 Å². The fourth-order valence-corrected chi connectivity index (χ4v) is 2.26. The van der Waals surface area contributed by atoms with E-state index in [9.17, 15) is 0 Å². The summed E-state index contributed by atoms with van der Waals surface area (Å²) in [4.78, 5) is 0. The lowest BCUT2D eigenvalue weighted by Gasteiger charge is -2.01. The number of aryl methyl sites for hydroxylation is 3. The summed E-state index contributed by atoms with van der Waals surface area (Å²) < 4.78 is 3.57. The number of nitrogen functional groups attached to an aromatic ring is 1. The van der Waals surface area contributed by atoms with E-state index in [0.29, 0.717) is 5.69 Å². The van der Waals surface area contributed by atoms with E-state index >= 15 is 0 Å². The zero-order valence-corrected chi connectivity index (χ0v) is 11.8. The first-order valence-electron chi connectivity index (χ1n) is 6.47. The summed E-state index contributed by atoms with van der Waals surface area (Å²) in [6, 6.07) is 8.17. The fraction of sp³-hybridized carbons (Fsp3) is 0.200. The van der Waals surface area contributed by atoms with Gasteiger partial charge in [0, 0.05) is 18.8 Å². The average Bonchev–Trinajstić information content (AvgIpc) is 2.93. The highest BCUT2D eigenvalue weighted by atomic mass is 15.3. The van der Waals surface area contributed by atoms with Gasteiger partial charge in [-0.05, 0) is 26.0 Å². The van der Waals surface area contributed by atoms with Gasteiger partial charge < -0.3 is 5.73 Å². The van der Waals surface area contributed by atoms with Crippen molar-refractivity contribution < 1.29 is 0 Å². The van der Waals surface area contributed by atoms with Crippen molar-refractivity contribution in [2.24, 2.45) is 7.05 Å². The van der Waals surface area contributed by atoms with Crippen LogP contribution in [0.2, 0.25) is 0 Å². The molecule has 0 aliphatic rings. The zero-order valence-electron chi connectivity index (χ0n) is 11.8. The summed E-state index contributed by atoms with van der Waals surface area (Å²) in [5.74, 6) is 0. The maximum Gasteiger partial charge on any atom is 0.119 e. The summed E-state index contributed by atoms with van der Waals surface area (Å²) >= 11 is 0. The van der Waals surface area contributed by atoms with Gasteiger partial charge >= 0.3 is 0 Å². The molecule has 2 aromatic heterocycles. The molecule has 0 saturated carbocycles. The molecular formula is C15H17N5. The quantitative estimate of drug-likeness (QED) is 0.776. The van der Waals surface area contributed by atoms with Crippen molar-refractivity contribution in [1.82, 2.24) is 19.6 Å². The molecule has 102 valence electrons. The highest BCUT2D eigenvalue weighted by Crippen LogP contribution is 2.27. The average molecular weight is 267 g/mol. The van der Waals surface area contributed by atoms with Crippen LogP contribution in [0.4, 0.5) is 5.69 Å². The van der Waals surface area contributed by atoms with E-state index in [-0.39, 0.29) is 0 Å². The number of aromatic nitrogens is 4. The van der Waals surface area contributed by atoms with Crippen LogP contribution in [0.25, 0.3) is 16.9 Å². The Hall–Kier alpha value is -2.56. The van der Waals surface area contributed by atoms with Crippen LogP contribution < -0.4 is 5.73 Å². The Labute approximate surface area is 117 Å². The molecule has 3 aromatic rings. The van der Waals surface area contributed by atoms with E-state index in [1.54, 1.807) is 9.36 Å². The third-order valence-electron chi connectivity index (χ3n) is 3.31. The third kappa shape index (κ3) is 2.07. The van der Waals surface area contributed by atoms with Gasteiger partial charge in [0.15, 0.2) is 0 Å². The van der Waals surface area contributed by atoms with Gasteiger partial charge in [-0.2, -0.15) is 10.2 Å². The first-order valence-corrected chi connectivity index (χ1v) is 6.47. The summed E-state index contributed by atoms with van der Waals surface area (Å²) in [6.45, 7) is 4.02. The Bertz CT molecular complexity index is 749. The normalized spacial score (nSPS) is 10.9. The summed E-state index contributed by atoms with van der Waals surface area (Å²) in [5, 5.41) is 8.93. The van der Waals surface area contributed by atoms with Crippen LogP contribution in [-0.4, -0.2) is 19.6 Å². The second-order valence-corrected chi connectivity index (χ2v) is 5.02. The van der Waals surface area contributed by atoms with Gasteiger partial charge in [0.25, 0.3) is 0 Å². The molecule has 0 atom stereocenters. The molecule has 0 fully saturated rings. The first-order chi connectivity index (χ1) is 9.54. The minimum atomic E-state index is 0.654. The Kier molecular flexibility index (Phi) is 2.82. The lowest BCUT2D eigenvalue weighted by molar-refractivity contribution is 0.756. The van der Waals surface area contributed by atoms with Crippen molar-refractivity contribution in [3.8, 4) is 16.9 Å². The van der Waals surface area contributed by atoms with Crippen molar-refractivity contribution in [2.75, 3.05) is 5.73 Å². The van der Waals surface area contributed by atoms with Gasteiger partial charge in [0.2, 0.25) is 0 Å². The number of hydrogen-bond acceptors (Lipinski definition) is 3. The minimum Gasteiger partial charge on any atom is -0.396 e. The standard InChI is InChI=1S/C15H17N5/c1-10-4-6-12(7-5-10)20-9-14(16)15(18-20)13-8-19(3)17-11(13)2/h4-9H,16H2,1-3H3. The number of benzene rings is 1. The maximum absolute atomic E-state index is 6.10. The SMILES string of the molecule is Cc1ccc(-n2cc(N)c(-c3cn(C)nc3C)n2)cc1. The molecule has 5 heteroatoms. The third-order valence-corrected chi connectivity index (χ3v) is 3.31. The van der Waals surface area contributed by atoms with Gasteiger partial charge in [-0.3, -0.25) is 4.68 Å². The molecular weight excluding hydrogens is 250 g/mol. The molecule has 1 aromatic carbocycles. The second-order valence-electron chi connectivity index (χ2n) is 5.02. The van der Waals surface area contributed by atoms with E-state index in [1.165, 1.54) is 5.56 Å². The number of nitrogens with two attached hydrogens (primary N) is 1. The van der Waals surface area contributed by atoms with E-state index in [4.69, 9.17) is 5.73 Å². The van der Waals surface area contributed by atoms with Crippen molar-refractivity contribution in [3.05, 3.63) is 47.9 Å². The Balaban J connectivity index is 2.07. The molecule has 0 bridgehead atoms. The van der Waals surface area contributed by atoms with Crippen LogP contribution in [0.5, 0.6) is 0 Å². The van der Waals surface area contributed by atoms with Gasteiger partial charge in [-0.1, -0.05) is 17.7 Å². The topological polar surface area (TPSA) is 61.7 Å². The van der Waals surface area contributed by atoms with Crippen LogP contribution in [0.3, 0.4) is 0 Å². The Morgan fingerprint density at radius 2 is 1.70 bits per heavy atom. The largest absolute Gasteiger partial charge is 0.396 e. The van der Waals surface area contributed by atoms with E-state index in [1.807, 2.05) is 38.5 Å². The number of anilines is 1. The molecule has 5 nitrogen and oxygen atoms in total. The molecule has 3 rings (SSSR count). The van der Waals surface area contributed by atoms with E-state index in [2.05, 4.69) is 29.3 Å². The van der Waals surface area contributed by atoms with Crippen molar-refractivity contribution in [1.29, 1.82) is 0 Å². The van der Waals surface area contributed by atoms with Gasteiger partial charge in [-0.25, -0.2) is 4.68 Å². The Morgan fingerprint density at radius 3 is 2.30 bits per heavy atom. The zero-order chi connectivity index (χ0) is 14.3. The first kappa shape index (κ1) is 12.5. The molecule has 2 N–H and O–H groups in total. The molecule has 0 aliphatic carbocycles. The van der Waals surface area contributed by atoms with Crippen LogP contribution in [0.15, 0.2) is 36.7 Å². The number of nitrogens with zero attached hydrogens (tertiary/aromatic N) is 4. The lowest BCUT2D eigenvalue weighted by Crippen LogP contribution is -1.94. The van der Waals surface area contributed by atoms with Gasteiger partial charge in [0.1, 0.15) is 5.69 Å². The van der Waals surface area contributed by atoms with Crippen LogP contribution in [0.1, 0.15) is 11.3 Å². The molecule has 0 aliphatic heterocycles. The smallest absolute Gasteiger partial charge is 0.119 e. The molecule has 0 radical (unpaired) electrons. The summed E-state index contributed by atoms with van der Waals surface area (Å²) in [7, 11) is 1.89. The van der Waals surface area contributed by atoms with E-state index in [0.717, 1.165) is 22.6 Å². The van der Waals surface area contributed by atoms with Gasteiger partial charge in [0.05, 0.1) is 23.3 Å². The predicted octanol–water partition coefficient (Wildman–Crippen LogP) is 2.47. The summed E-state index contributed by atoms with van der Waals surface area (Å²) in [6.07, 6.45) is 3.78. The highest BCUT2D eigenvalue weighted by molar-refractivity contribution is 5.73. The van der Waals surface area contributed by atoms with Crippen molar-refractivity contribution in [2.45, 2.75) is 13.8 Å². The Morgan fingerprint density at radius 1 is 1.00 bits per heavy atom. The minimum absolute atomic E-state index is 0.654. The molecule has 0 saturated heterocycles. The molecule has 2 heterocycles. The van der Waals surface area contributed by atoms with Gasteiger partial charge in [-0.15, -0.1) is 0 Å². The van der Waals surface area contributed by atoms with Crippen LogP contribution in [-0.2, 0) is 7.05 Å². The van der Waals surface area contributed by atoms with Crippen LogP contribution in [0, 0.1) is 13.8 Å². The molecule has 20 heavy (non-hydrogen) atoms. The monoisotopic (exact) mass is 267 g/mol. The fourth-order valence-electron chi connectivity index (χ4n) is 2.26.